The van der Waals surface area contributed by atoms with Gasteiger partial charge in [0.2, 0.25) is 0 Å². The molecule has 0 atom stereocenters. The molecule has 0 saturated carbocycles. The first-order valence-electron chi connectivity index (χ1n) is 5.36. The highest BCUT2D eigenvalue weighted by molar-refractivity contribution is 5.89. The quantitative estimate of drug-likeness (QED) is 0.495. The zero-order chi connectivity index (χ0) is 12.8. The monoisotopic (exact) mass is 219 g/mol. The summed E-state index contributed by atoms with van der Waals surface area (Å²) in [6.45, 7) is 16.9. The molecule has 0 aromatic heterocycles. The largest absolute Gasteiger partial charge is 0.303 e. The van der Waals surface area contributed by atoms with Crippen molar-refractivity contribution in [2.75, 3.05) is 0 Å². The van der Waals surface area contributed by atoms with E-state index in [1.807, 2.05) is 20.8 Å². The third-order valence-corrected chi connectivity index (χ3v) is 2.62. The predicted octanol–water partition coefficient (Wildman–Crippen LogP) is 3.45. The van der Waals surface area contributed by atoms with E-state index in [1.54, 1.807) is 23.1 Å². The average molecular weight is 219 g/mol. The normalized spacial score (nSPS) is 11.8. The van der Waals surface area contributed by atoms with Gasteiger partial charge in [0.25, 0.3) is 5.91 Å². The van der Waals surface area contributed by atoms with Crippen LogP contribution in [0.15, 0.2) is 49.7 Å². The predicted molar refractivity (Wildman–Crippen MR) is 69.9 cm³/mol. The molecular weight excluding hydrogens is 198 g/mol. The standard InChI is InChI=1S/C14H21NO/c1-7-11-12(8-2)15(13(16)9-3)14(5,6)10-4/h7-9,11H,1-3,10H2,4-6H3/b12-11+. The van der Waals surface area contributed by atoms with Crippen molar-refractivity contribution in [1.29, 1.82) is 0 Å². The van der Waals surface area contributed by atoms with E-state index in [9.17, 15) is 4.79 Å². The average Bonchev–Trinajstić information content (AvgIpc) is 2.27. The molecule has 0 aromatic carbocycles. The first kappa shape index (κ1) is 14.4. The lowest BCUT2D eigenvalue weighted by atomic mass is 9.97. The maximum absolute atomic E-state index is 11.9. The minimum Gasteiger partial charge on any atom is -0.303 e. The summed E-state index contributed by atoms with van der Waals surface area (Å²) in [6.07, 6.45) is 7.23. The lowest BCUT2D eigenvalue weighted by Crippen LogP contribution is -2.45. The Bertz CT molecular complexity index is 324. The van der Waals surface area contributed by atoms with E-state index < -0.39 is 0 Å². The summed E-state index contributed by atoms with van der Waals surface area (Å²) in [4.78, 5) is 13.6. The number of amides is 1. The second kappa shape index (κ2) is 6.11. The van der Waals surface area contributed by atoms with Crippen LogP contribution < -0.4 is 0 Å². The van der Waals surface area contributed by atoms with Gasteiger partial charge in [0.1, 0.15) is 0 Å². The Morgan fingerprint density at radius 3 is 2.12 bits per heavy atom. The van der Waals surface area contributed by atoms with Crippen LogP contribution in [0.4, 0.5) is 0 Å². The molecule has 0 aromatic rings. The molecule has 0 aliphatic carbocycles. The van der Waals surface area contributed by atoms with E-state index in [0.717, 1.165) is 12.1 Å². The van der Waals surface area contributed by atoms with Crippen LogP contribution >= 0.6 is 0 Å². The Kier molecular flexibility index (Phi) is 5.51. The molecule has 0 bridgehead atoms. The third-order valence-electron chi connectivity index (χ3n) is 2.62. The summed E-state index contributed by atoms with van der Waals surface area (Å²) in [5.41, 5.74) is 0.473. The molecule has 0 saturated heterocycles. The SMILES string of the molecule is C=C/C=C(\C=C)N(C(=O)C=C)C(C)(C)CC. The highest BCUT2D eigenvalue weighted by Crippen LogP contribution is 2.24. The summed E-state index contributed by atoms with van der Waals surface area (Å²) in [7, 11) is 0. The van der Waals surface area contributed by atoms with Gasteiger partial charge in [0.05, 0.1) is 0 Å². The summed E-state index contributed by atoms with van der Waals surface area (Å²) in [5, 5.41) is 0. The molecule has 0 heterocycles. The van der Waals surface area contributed by atoms with E-state index in [1.165, 1.54) is 6.08 Å². The van der Waals surface area contributed by atoms with Gasteiger partial charge in [-0.25, -0.2) is 0 Å². The summed E-state index contributed by atoms with van der Waals surface area (Å²) in [6, 6.07) is 0. The van der Waals surface area contributed by atoms with Crippen LogP contribution in [-0.4, -0.2) is 16.3 Å². The van der Waals surface area contributed by atoms with Gasteiger partial charge in [-0.2, -0.15) is 0 Å². The first-order valence-corrected chi connectivity index (χ1v) is 5.36. The topological polar surface area (TPSA) is 20.3 Å². The molecule has 0 radical (unpaired) electrons. The van der Waals surface area contributed by atoms with Gasteiger partial charge in [-0.3, -0.25) is 4.79 Å². The fourth-order valence-corrected chi connectivity index (χ4v) is 1.38. The number of rotatable bonds is 6. The van der Waals surface area contributed by atoms with E-state index in [4.69, 9.17) is 0 Å². The summed E-state index contributed by atoms with van der Waals surface area (Å²) >= 11 is 0. The Balaban J connectivity index is 5.48. The van der Waals surface area contributed by atoms with E-state index in [2.05, 4.69) is 19.7 Å². The van der Waals surface area contributed by atoms with Crippen LogP contribution in [0.5, 0.6) is 0 Å². The Labute approximate surface area is 98.6 Å². The van der Waals surface area contributed by atoms with Crippen molar-refractivity contribution < 1.29 is 4.79 Å². The van der Waals surface area contributed by atoms with Crippen molar-refractivity contribution >= 4 is 5.91 Å². The fourth-order valence-electron chi connectivity index (χ4n) is 1.38. The zero-order valence-corrected chi connectivity index (χ0v) is 10.5. The van der Waals surface area contributed by atoms with Gasteiger partial charge in [-0.15, -0.1) is 0 Å². The van der Waals surface area contributed by atoms with Crippen molar-refractivity contribution in [3.8, 4) is 0 Å². The van der Waals surface area contributed by atoms with Gasteiger partial charge in [0, 0.05) is 11.2 Å². The number of hydrogen-bond acceptors (Lipinski definition) is 1. The summed E-state index contributed by atoms with van der Waals surface area (Å²) < 4.78 is 0. The molecule has 0 aliphatic rings. The van der Waals surface area contributed by atoms with Crippen molar-refractivity contribution in [2.24, 2.45) is 0 Å². The number of carbonyl (C=O) groups excluding carboxylic acids is 1. The maximum Gasteiger partial charge on any atom is 0.250 e. The lowest BCUT2D eigenvalue weighted by molar-refractivity contribution is -0.128. The molecule has 0 spiro atoms. The van der Waals surface area contributed by atoms with Gasteiger partial charge in [-0.1, -0.05) is 32.7 Å². The van der Waals surface area contributed by atoms with Crippen molar-refractivity contribution in [1.82, 2.24) is 4.90 Å². The molecule has 1 amide bonds. The Hall–Kier alpha value is -1.57. The Morgan fingerprint density at radius 1 is 1.25 bits per heavy atom. The smallest absolute Gasteiger partial charge is 0.250 e. The van der Waals surface area contributed by atoms with Crippen molar-refractivity contribution in [3.05, 3.63) is 49.7 Å². The third kappa shape index (κ3) is 3.23. The van der Waals surface area contributed by atoms with Crippen LogP contribution in [0.1, 0.15) is 27.2 Å². The van der Waals surface area contributed by atoms with Gasteiger partial charge >= 0.3 is 0 Å². The van der Waals surface area contributed by atoms with E-state index in [0.29, 0.717) is 0 Å². The molecule has 0 rings (SSSR count). The van der Waals surface area contributed by atoms with Crippen molar-refractivity contribution in [3.63, 3.8) is 0 Å². The highest BCUT2D eigenvalue weighted by Gasteiger charge is 2.29. The van der Waals surface area contributed by atoms with Crippen LogP contribution in [0.25, 0.3) is 0 Å². The van der Waals surface area contributed by atoms with E-state index >= 15 is 0 Å². The minimum absolute atomic E-state index is 0.125. The maximum atomic E-state index is 11.9. The first-order chi connectivity index (χ1) is 7.44. The zero-order valence-electron chi connectivity index (χ0n) is 10.5. The molecule has 88 valence electrons. The molecule has 0 aliphatic heterocycles. The molecule has 0 N–H and O–H groups in total. The van der Waals surface area contributed by atoms with Gasteiger partial charge < -0.3 is 4.90 Å². The van der Waals surface area contributed by atoms with Crippen LogP contribution in [0, 0.1) is 0 Å². The molecule has 2 heteroatoms. The number of allylic oxidation sites excluding steroid dienone is 3. The highest BCUT2D eigenvalue weighted by atomic mass is 16.2. The Morgan fingerprint density at radius 2 is 1.81 bits per heavy atom. The molecular formula is C14H21NO. The molecule has 2 nitrogen and oxygen atoms in total. The van der Waals surface area contributed by atoms with Gasteiger partial charge in [0.15, 0.2) is 0 Å². The van der Waals surface area contributed by atoms with Crippen molar-refractivity contribution in [2.45, 2.75) is 32.7 Å². The van der Waals surface area contributed by atoms with Gasteiger partial charge in [-0.05, 0) is 38.5 Å². The van der Waals surface area contributed by atoms with E-state index in [-0.39, 0.29) is 11.4 Å². The van der Waals surface area contributed by atoms with Crippen LogP contribution in [0.3, 0.4) is 0 Å². The number of nitrogens with zero attached hydrogens (tertiary/aromatic N) is 1. The number of carbonyl (C=O) groups is 1. The minimum atomic E-state index is -0.270. The lowest BCUT2D eigenvalue weighted by Gasteiger charge is -2.38. The molecule has 16 heavy (non-hydrogen) atoms. The second-order valence-corrected chi connectivity index (χ2v) is 4.08. The second-order valence-electron chi connectivity index (χ2n) is 4.08. The summed E-state index contributed by atoms with van der Waals surface area (Å²) in [5.74, 6) is -0.125. The molecule has 0 fully saturated rings. The van der Waals surface area contributed by atoms with Crippen LogP contribution in [-0.2, 0) is 4.79 Å². The van der Waals surface area contributed by atoms with Crippen LogP contribution in [0.2, 0.25) is 0 Å². The molecule has 0 unspecified atom stereocenters. The number of hydrogen-bond donors (Lipinski definition) is 0. The fraction of sp³-hybridized carbons (Fsp3) is 0.357.